The molecule has 1 aliphatic heterocycles. The van der Waals surface area contributed by atoms with Crippen LogP contribution in [0.4, 0.5) is 0 Å². The summed E-state index contributed by atoms with van der Waals surface area (Å²) in [5, 5.41) is 0. The fourth-order valence-electron chi connectivity index (χ4n) is 4.27. The summed E-state index contributed by atoms with van der Waals surface area (Å²) < 4.78 is 29.3. The summed E-state index contributed by atoms with van der Waals surface area (Å²) in [6.07, 6.45) is -1.38. The maximum atomic E-state index is 13.1. The third-order valence-electron chi connectivity index (χ3n) is 6.42. The predicted molar refractivity (Wildman–Crippen MR) is 150 cm³/mol. The first-order chi connectivity index (χ1) is 20.0. The van der Waals surface area contributed by atoms with Crippen molar-refractivity contribution in [3.63, 3.8) is 0 Å². The minimum atomic E-state index is -1.22. The Labute approximate surface area is 238 Å². The molecule has 0 aliphatic carbocycles. The summed E-state index contributed by atoms with van der Waals surface area (Å²) in [5.41, 5.74) is 7.43. The van der Waals surface area contributed by atoms with Gasteiger partial charge in [-0.25, -0.2) is 14.4 Å². The molecule has 0 bridgehead atoms. The number of unbranched alkanes of at least 4 members (excludes halogenated alkanes) is 1. The van der Waals surface area contributed by atoms with Crippen molar-refractivity contribution in [2.45, 2.75) is 43.5 Å². The van der Waals surface area contributed by atoms with Crippen molar-refractivity contribution in [2.75, 3.05) is 13.2 Å². The normalized spacial score (nSPS) is 21.8. The summed E-state index contributed by atoms with van der Waals surface area (Å²) >= 11 is 0. The van der Waals surface area contributed by atoms with E-state index in [2.05, 4.69) is 6.58 Å². The van der Waals surface area contributed by atoms with Gasteiger partial charge in [0.25, 0.3) is 0 Å². The van der Waals surface area contributed by atoms with Crippen molar-refractivity contribution in [2.24, 2.45) is 5.73 Å². The Morgan fingerprint density at radius 2 is 1.24 bits per heavy atom. The quantitative estimate of drug-likeness (QED) is 0.149. The van der Waals surface area contributed by atoms with Crippen LogP contribution in [0.25, 0.3) is 0 Å². The second-order valence-corrected chi connectivity index (χ2v) is 9.36. The number of carbonyl (C=O) groups excluding carboxylic acids is 3. The molecule has 1 aliphatic rings. The third kappa shape index (κ3) is 8.11. The predicted octanol–water partition coefficient (Wildman–Crippen LogP) is 4.33. The molecular weight excluding hydrogens is 526 g/mol. The fraction of sp³-hybridized carbons (Fsp3) is 0.281. The topological polar surface area (TPSA) is 123 Å². The summed E-state index contributed by atoms with van der Waals surface area (Å²) in [6.45, 7) is 3.67. The van der Waals surface area contributed by atoms with Gasteiger partial charge in [0.05, 0.1) is 29.3 Å². The highest BCUT2D eigenvalue weighted by atomic mass is 16.7. The van der Waals surface area contributed by atoms with Gasteiger partial charge in [-0.05, 0) is 49.2 Å². The van der Waals surface area contributed by atoms with E-state index in [0.29, 0.717) is 18.4 Å². The van der Waals surface area contributed by atoms with Crippen LogP contribution in [0.1, 0.15) is 43.9 Å². The van der Waals surface area contributed by atoms with Crippen LogP contribution >= 0.6 is 0 Å². The van der Waals surface area contributed by atoms with Gasteiger partial charge in [-0.15, -0.1) is 6.58 Å². The van der Waals surface area contributed by atoms with E-state index in [1.807, 2.05) is 0 Å². The number of esters is 3. The van der Waals surface area contributed by atoms with E-state index in [-0.39, 0.29) is 24.3 Å². The van der Waals surface area contributed by atoms with Gasteiger partial charge in [-0.1, -0.05) is 60.7 Å². The lowest BCUT2D eigenvalue weighted by Crippen LogP contribution is -2.65. The number of allylic oxidation sites excluding steroid dienone is 1. The van der Waals surface area contributed by atoms with Crippen molar-refractivity contribution >= 4 is 17.9 Å². The molecule has 0 aromatic heterocycles. The molecule has 1 fully saturated rings. The highest BCUT2D eigenvalue weighted by molar-refractivity contribution is 5.91. The summed E-state index contributed by atoms with van der Waals surface area (Å²) in [7, 11) is 0. The Balaban J connectivity index is 1.61. The van der Waals surface area contributed by atoms with Crippen LogP contribution in [-0.2, 0) is 23.7 Å². The maximum absolute atomic E-state index is 13.1. The molecule has 0 radical (unpaired) electrons. The van der Waals surface area contributed by atoms with E-state index in [0.717, 1.165) is 0 Å². The van der Waals surface area contributed by atoms with Crippen LogP contribution in [0.15, 0.2) is 104 Å². The van der Waals surface area contributed by atoms with Crippen molar-refractivity contribution in [1.29, 1.82) is 0 Å². The molecule has 0 unspecified atom stereocenters. The van der Waals surface area contributed by atoms with Gasteiger partial charge in [0, 0.05) is 0 Å². The largest absolute Gasteiger partial charge is 0.459 e. The Hall–Kier alpha value is -4.31. The minimum Gasteiger partial charge on any atom is -0.459 e. The number of ether oxygens (including phenoxy) is 5. The summed E-state index contributed by atoms with van der Waals surface area (Å²) in [6, 6.07) is 24.1. The number of hydrogen-bond donors (Lipinski definition) is 1. The fourth-order valence-corrected chi connectivity index (χ4v) is 4.27. The number of carbonyl (C=O) groups is 3. The van der Waals surface area contributed by atoms with E-state index in [1.165, 1.54) is 0 Å². The zero-order valence-electron chi connectivity index (χ0n) is 22.5. The average molecular weight is 560 g/mol. The molecule has 0 saturated carbocycles. The lowest BCUT2D eigenvalue weighted by atomic mass is 9.96. The molecular formula is C32H33NO8. The summed E-state index contributed by atoms with van der Waals surface area (Å²) in [5.74, 6) is -1.95. The van der Waals surface area contributed by atoms with Crippen molar-refractivity contribution in [3.8, 4) is 0 Å². The van der Waals surface area contributed by atoms with E-state index in [4.69, 9.17) is 29.4 Å². The zero-order chi connectivity index (χ0) is 29.0. The van der Waals surface area contributed by atoms with Gasteiger partial charge in [-0.2, -0.15) is 0 Å². The molecule has 1 saturated heterocycles. The average Bonchev–Trinajstić information content (AvgIpc) is 3.02. The molecule has 2 N–H and O–H groups in total. The first kappa shape index (κ1) is 29.7. The van der Waals surface area contributed by atoms with Gasteiger partial charge in [-0.3, -0.25) is 0 Å². The smallest absolute Gasteiger partial charge is 0.338 e. The number of hydrogen-bond acceptors (Lipinski definition) is 9. The van der Waals surface area contributed by atoms with E-state index < -0.39 is 48.6 Å². The lowest BCUT2D eigenvalue weighted by Gasteiger charge is -2.43. The van der Waals surface area contributed by atoms with Crippen LogP contribution in [0.2, 0.25) is 0 Å². The Kier molecular flexibility index (Phi) is 10.8. The van der Waals surface area contributed by atoms with Crippen molar-refractivity contribution in [3.05, 3.63) is 120 Å². The molecule has 3 aromatic rings. The molecule has 0 spiro atoms. The third-order valence-corrected chi connectivity index (χ3v) is 6.42. The molecule has 0 amide bonds. The van der Waals surface area contributed by atoms with Gasteiger partial charge < -0.3 is 29.4 Å². The molecule has 4 rings (SSSR count). The second kappa shape index (κ2) is 14.9. The number of nitrogens with two attached hydrogens (primary N) is 1. The van der Waals surface area contributed by atoms with Crippen LogP contribution in [0.3, 0.4) is 0 Å². The first-order valence-corrected chi connectivity index (χ1v) is 13.4. The van der Waals surface area contributed by atoms with Gasteiger partial charge >= 0.3 is 17.9 Å². The minimum absolute atomic E-state index is 0.275. The molecule has 5 atom stereocenters. The van der Waals surface area contributed by atoms with Crippen LogP contribution < -0.4 is 5.73 Å². The van der Waals surface area contributed by atoms with Crippen LogP contribution in [-0.4, -0.2) is 61.8 Å². The van der Waals surface area contributed by atoms with Gasteiger partial charge in [0.1, 0.15) is 12.7 Å². The zero-order valence-corrected chi connectivity index (χ0v) is 22.5. The van der Waals surface area contributed by atoms with E-state index >= 15 is 0 Å². The maximum Gasteiger partial charge on any atom is 0.338 e. The molecule has 1 heterocycles. The number of rotatable bonds is 12. The Morgan fingerprint density at radius 1 is 0.756 bits per heavy atom. The molecule has 9 nitrogen and oxygen atoms in total. The molecule has 3 aromatic carbocycles. The Morgan fingerprint density at radius 3 is 1.76 bits per heavy atom. The monoisotopic (exact) mass is 559 g/mol. The standard InChI is InChI=1S/C32H33NO8/c1-2-3-13-20-37-32-26(33)28(41-31(36)24-18-11-6-12-19-24)27(40-30(35)23-16-9-5-10-17-23)25(39-32)21-38-29(34)22-14-7-4-8-15-22/h2,4-12,14-19,25-28,32H,1,3,13,20-21,33H2/t25-,26-,27-,28-,32-/m1/s1. The molecule has 41 heavy (non-hydrogen) atoms. The number of benzene rings is 3. The van der Waals surface area contributed by atoms with Crippen LogP contribution in [0.5, 0.6) is 0 Å². The second-order valence-electron chi connectivity index (χ2n) is 9.36. The first-order valence-electron chi connectivity index (χ1n) is 13.4. The van der Waals surface area contributed by atoms with E-state index in [9.17, 15) is 14.4 Å². The van der Waals surface area contributed by atoms with Gasteiger partial charge in [0.15, 0.2) is 18.5 Å². The highest BCUT2D eigenvalue weighted by Gasteiger charge is 2.50. The SMILES string of the molecule is C=CCCCO[C@@H]1O[C@H](COC(=O)c2ccccc2)[C@@H](OC(=O)c2ccccc2)[C@H](OC(=O)c2ccccc2)[C@H]1N. The van der Waals surface area contributed by atoms with Crippen molar-refractivity contribution in [1.82, 2.24) is 0 Å². The lowest BCUT2D eigenvalue weighted by molar-refractivity contribution is -0.264. The highest BCUT2D eigenvalue weighted by Crippen LogP contribution is 2.28. The Bertz CT molecular complexity index is 1280. The molecule has 214 valence electrons. The van der Waals surface area contributed by atoms with E-state index in [1.54, 1.807) is 97.1 Å². The summed E-state index contributed by atoms with van der Waals surface area (Å²) in [4.78, 5) is 39.0. The molecule has 9 heteroatoms. The van der Waals surface area contributed by atoms with Gasteiger partial charge in [0.2, 0.25) is 0 Å². The van der Waals surface area contributed by atoms with Crippen LogP contribution in [0, 0.1) is 0 Å². The van der Waals surface area contributed by atoms with Crippen molar-refractivity contribution < 1.29 is 38.1 Å².